The van der Waals surface area contributed by atoms with Crippen LogP contribution in [0.1, 0.15) is 5.56 Å². The fourth-order valence-corrected chi connectivity index (χ4v) is 1.75. The molecule has 17 heavy (non-hydrogen) atoms. The average molecular weight is 276 g/mol. The molecule has 0 aromatic heterocycles. The Morgan fingerprint density at radius 3 is 2.41 bits per heavy atom. The summed E-state index contributed by atoms with van der Waals surface area (Å²) in [6.45, 7) is 0. The van der Waals surface area contributed by atoms with Crippen molar-refractivity contribution in [3.05, 3.63) is 35.9 Å². The number of carboxylic acids is 1. The Morgan fingerprint density at radius 2 is 1.88 bits per heavy atom. The smallest absolute Gasteiger partial charge is 0.313 e. The number of nitrogens with two attached hydrogens (primary N) is 1. The van der Waals surface area contributed by atoms with E-state index in [9.17, 15) is 9.59 Å². The SMILES string of the molecule is Cl.N[C@@H](Cc1ccccc1)C(=O)SCC(=O)O. The van der Waals surface area contributed by atoms with Gasteiger partial charge in [-0.2, -0.15) is 0 Å². The normalized spacial score (nSPS) is 11.4. The Hall–Kier alpha value is -1.04. The summed E-state index contributed by atoms with van der Waals surface area (Å²) in [5, 5.41) is 8.13. The topological polar surface area (TPSA) is 80.4 Å². The third-order valence-corrected chi connectivity index (χ3v) is 2.92. The van der Waals surface area contributed by atoms with Crippen LogP contribution >= 0.6 is 24.2 Å². The second-order valence-electron chi connectivity index (χ2n) is 3.30. The molecule has 0 amide bonds. The van der Waals surface area contributed by atoms with Crippen LogP contribution in [0, 0.1) is 0 Å². The summed E-state index contributed by atoms with van der Waals surface area (Å²) in [6, 6.07) is 8.75. The summed E-state index contributed by atoms with van der Waals surface area (Å²) in [4.78, 5) is 21.7. The number of carbonyl (C=O) groups is 2. The maximum Gasteiger partial charge on any atom is 0.313 e. The van der Waals surface area contributed by atoms with Crippen molar-refractivity contribution < 1.29 is 14.7 Å². The zero-order valence-electron chi connectivity index (χ0n) is 9.04. The maximum absolute atomic E-state index is 11.4. The highest BCUT2D eigenvalue weighted by atomic mass is 35.5. The van der Waals surface area contributed by atoms with Gasteiger partial charge in [0.2, 0.25) is 5.12 Å². The lowest BCUT2D eigenvalue weighted by Gasteiger charge is -2.08. The fraction of sp³-hybridized carbons (Fsp3) is 0.273. The van der Waals surface area contributed by atoms with Crippen LogP contribution < -0.4 is 5.73 Å². The number of carboxylic acid groups (broad SMARTS) is 1. The van der Waals surface area contributed by atoms with Crippen molar-refractivity contribution in [2.45, 2.75) is 12.5 Å². The van der Waals surface area contributed by atoms with E-state index in [0.717, 1.165) is 17.3 Å². The standard InChI is InChI=1S/C11H13NO3S.ClH/c12-9(11(15)16-7-10(13)14)6-8-4-2-1-3-5-8;/h1-5,9H,6-7,12H2,(H,13,14);1H/t9-;/m0./s1. The molecule has 0 heterocycles. The third kappa shape index (κ3) is 6.31. The van der Waals surface area contributed by atoms with Crippen LogP contribution in [0.4, 0.5) is 0 Å². The van der Waals surface area contributed by atoms with Gasteiger partial charge in [-0.05, 0) is 12.0 Å². The fourth-order valence-electron chi connectivity index (χ4n) is 1.19. The molecule has 0 fully saturated rings. The van der Waals surface area contributed by atoms with E-state index in [1.165, 1.54) is 0 Å². The molecule has 1 aromatic rings. The Balaban J connectivity index is 0.00000256. The van der Waals surface area contributed by atoms with E-state index in [1.54, 1.807) is 0 Å². The monoisotopic (exact) mass is 275 g/mol. The molecule has 0 saturated heterocycles. The van der Waals surface area contributed by atoms with Crippen molar-refractivity contribution in [3.8, 4) is 0 Å². The molecule has 1 aromatic carbocycles. The van der Waals surface area contributed by atoms with Crippen LogP contribution in [0.15, 0.2) is 30.3 Å². The van der Waals surface area contributed by atoms with Crippen molar-refractivity contribution in [3.63, 3.8) is 0 Å². The van der Waals surface area contributed by atoms with Gasteiger partial charge in [0.1, 0.15) is 0 Å². The van der Waals surface area contributed by atoms with Gasteiger partial charge in [-0.15, -0.1) is 12.4 Å². The Bertz CT molecular complexity index is 372. The van der Waals surface area contributed by atoms with Crippen molar-refractivity contribution in [2.75, 3.05) is 5.75 Å². The van der Waals surface area contributed by atoms with Crippen molar-refractivity contribution in [1.82, 2.24) is 0 Å². The first-order chi connectivity index (χ1) is 7.59. The number of carbonyl (C=O) groups excluding carboxylic acids is 1. The van der Waals surface area contributed by atoms with E-state index in [1.807, 2.05) is 30.3 Å². The van der Waals surface area contributed by atoms with Crippen LogP contribution in [-0.2, 0) is 16.0 Å². The molecule has 1 atom stereocenters. The highest BCUT2D eigenvalue weighted by Gasteiger charge is 2.15. The van der Waals surface area contributed by atoms with Gasteiger partial charge in [-0.3, -0.25) is 9.59 Å². The Morgan fingerprint density at radius 1 is 1.29 bits per heavy atom. The highest BCUT2D eigenvalue weighted by Crippen LogP contribution is 2.09. The van der Waals surface area contributed by atoms with Crippen LogP contribution in [0.2, 0.25) is 0 Å². The Labute approximate surface area is 110 Å². The molecule has 6 heteroatoms. The molecule has 3 N–H and O–H groups in total. The van der Waals surface area contributed by atoms with Crippen LogP contribution in [0.3, 0.4) is 0 Å². The first-order valence-corrected chi connectivity index (χ1v) is 5.76. The summed E-state index contributed by atoms with van der Waals surface area (Å²) in [6.07, 6.45) is 0.437. The molecule has 0 bridgehead atoms. The molecule has 4 nitrogen and oxygen atoms in total. The van der Waals surface area contributed by atoms with Gasteiger partial charge in [0.25, 0.3) is 0 Å². The summed E-state index contributed by atoms with van der Waals surface area (Å²) in [5.41, 5.74) is 6.64. The summed E-state index contributed by atoms with van der Waals surface area (Å²) in [7, 11) is 0. The van der Waals surface area contributed by atoms with E-state index in [2.05, 4.69) is 0 Å². The highest BCUT2D eigenvalue weighted by molar-refractivity contribution is 8.14. The molecule has 0 unspecified atom stereocenters. The van der Waals surface area contributed by atoms with Gasteiger partial charge in [0.05, 0.1) is 11.8 Å². The predicted molar refractivity (Wildman–Crippen MR) is 70.5 cm³/mol. The minimum atomic E-state index is -1.01. The average Bonchev–Trinajstić information content (AvgIpc) is 2.27. The van der Waals surface area contributed by atoms with Crippen LogP contribution in [0.25, 0.3) is 0 Å². The molecular formula is C11H14ClNO3S. The second-order valence-corrected chi connectivity index (χ2v) is 4.28. The molecule has 0 aliphatic rings. The zero-order chi connectivity index (χ0) is 12.0. The molecule has 1 rings (SSSR count). The second kappa shape index (κ2) is 8.11. The quantitative estimate of drug-likeness (QED) is 0.847. The van der Waals surface area contributed by atoms with E-state index in [0.29, 0.717) is 6.42 Å². The van der Waals surface area contributed by atoms with Crippen molar-refractivity contribution >= 4 is 35.3 Å². The molecular weight excluding hydrogens is 262 g/mol. The number of hydrogen-bond donors (Lipinski definition) is 2. The minimum absolute atomic E-state index is 0. The maximum atomic E-state index is 11.4. The summed E-state index contributed by atoms with van der Waals surface area (Å²) in [5.74, 6) is -1.24. The van der Waals surface area contributed by atoms with Crippen molar-refractivity contribution in [2.24, 2.45) is 5.73 Å². The largest absolute Gasteiger partial charge is 0.481 e. The van der Waals surface area contributed by atoms with E-state index < -0.39 is 12.0 Å². The molecule has 94 valence electrons. The van der Waals surface area contributed by atoms with Crippen LogP contribution in [0.5, 0.6) is 0 Å². The van der Waals surface area contributed by atoms with Crippen molar-refractivity contribution in [1.29, 1.82) is 0 Å². The lowest BCUT2D eigenvalue weighted by Crippen LogP contribution is -2.31. The molecule has 0 radical (unpaired) electrons. The number of thioether (sulfide) groups is 1. The number of hydrogen-bond acceptors (Lipinski definition) is 4. The van der Waals surface area contributed by atoms with Gasteiger partial charge in [0.15, 0.2) is 0 Å². The number of aliphatic carboxylic acids is 1. The number of benzene rings is 1. The van der Waals surface area contributed by atoms with Crippen LogP contribution in [-0.4, -0.2) is 28.0 Å². The van der Waals surface area contributed by atoms with Gasteiger partial charge in [0, 0.05) is 0 Å². The third-order valence-electron chi connectivity index (χ3n) is 1.94. The lowest BCUT2D eigenvalue weighted by atomic mass is 10.1. The zero-order valence-corrected chi connectivity index (χ0v) is 10.7. The van der Waals surface area contributed by atoms with E-state index in [4.69, 9.17) is 10.8 Å². The first-order valence-electron chi connectivity index (χ1n) is 4.77. The van der Waals surface area contributed by atoms with Gasteiger partial charge in [-0.25, -0.2) is 0 Å². The molecule has 0 spiro atoms. The minimum Gasteiger partial charge on any atom is -0.481 e. The summed E-state index contributed by atoms with van der Waals surface area (Å²) < 4.78 is 0. The van der Waals surface area contributed by atoms with E-state index in [-0.39, 0.29) is 23.3 Å². The molecule has 0 aliphatic carbocycles. The first kappa shape index (κ1) is 16.0. The molecule has 0 saturated carbocycles. The van der Waals surface area contributed by atoms with Gasteiger partial charge < -0.3 is 10.8 Å². The Kier molecular flexibility index (Phi) is 7.61. The lowest BCUT2D eigenvalue weighted by molar-refractivity contribution is -0.134. The predicted octanol–water partition coefficient (Wildman–Crippen LogP) is 1.32. The number of rotatable bonds is 5. The number of halogens is 1. The molecule has 0 aliphatic heterocycles. The van der Waals surface area contributed by atoms with Gasteiger partial charge >= 0.3 is 5.97 Å². The van der Waals surface area contributed by atoms with Gasteiger partial charge in [-0.1, -0.05) is 42.1 Å². The van der Waals surface area contributed by atoms with E-state index >= 15 is 0 Å². The summed E-state index contributed by atoms with van der Waals surface area (Å²) >= 11 is 0.748.